The van der Waals surface area contributed by atoms with E-state index in [0.717, 1.165) is 24.0 Å². The first-order valence-electron chi connectivity index (χ1n) is 13.6. The summed E-state index contributed by atoms with van der Waals surface area (Å²) in [6, 6.07) is 14.2. The van der Waals surface area contributed by atoms with Crippen molar-refractivity contribution in [2.45, 2.75) is 82.8 Å². The number of rotatable bonds is 5. The molecular weight excluding hydrogens is 523 g/mol. The number of halogens is 3. The lowest BCUT2D eigenvalue weighted by atomic mass is 9.63. The Hall–Kier alpha value is -3.33. The smallest absolute Gasteiger partial charge is 0.460 e. The molecule has 1 aliphatic heterocycles. The molecule has 2 fully saturated rings. The van der Waals surface area contributed by atoms with Gasteiger partial charge in [0.2, 0.25) is 0 Å². The maximum atomic E-state index is 13.5. The molecular formula is C31H34F3NO5. The number of aromatic nitrogens is 1. The van der Waals surface area contributed by atoms with Gasteiger partial charge in [0.25, 0.3) is 0 Å². The van der Waals surface area contributed by atoms with Gasteiger partial charge in [0.15, 0.2) is 0 Å². The molecule has 1 spiro atoms. The number of ether oxygens (including phenoxy) is 3. The van der Waals surface area contributed by atoms with Gasteiger partial charge >= 0.3 is 12.3 Å². The number of benzene rings is 2. The first kappa shape index (κ1) is 28.2. The van der Waals surface area contributed by atoms with Crippen molar-refractivity contribution >= 4 is 5.97 Å². The summed E-state index contributed by atoms with van der Waals surface area (Å²) in [5.41, 5.74) is 1.75. The third-order valence-corrected chi connectivity index (χ3v) is 7.85. The van der Waals surface area contributed by atoms with Crippen LogP contribution in [-0.2, 0) is 14.3 Å². The summed E-state index contributed by atoms with van der Waals surface area (Å²) < 4.78 is 61.5. The fraction of sp³-hybridized carbons (Fsp3) is 0.484. The number of alkyl halides is 3. The molecule has 2 aromatic carbocycles. The van der Waals surface area contributed by atoms with Crippen molar-refractivity contribution in [3.05, 3.63) is 71.6 Å². The average Bonchev–Trinajstić information content (AvgIpc) is 3.49. The van der Waals surface area contributed by atoms with Gasteiger partial charge in [0.1, 0.15) is 17.1 Å². The summed E-state index contributed by atoms with van der Waals surface area (Å²) in [5.74, 6) is -0.912. The Bertz CT molecular complexity index is 1350. The average molecular weight is 558 g/mol. The van der Waals surface area contributed by atoms with Crippen molar-refractivity contribution in [1.29, 1.82) is 0 Å². The molecule has 1 unspecified atom stereocenters. The summed E-state index contributed by atoms with van der Waals surface area (Å²) in [6.45, 7) is 7.61. The minimum atomic E-state index is -4.82. The lowest BCUT2D eigenvalue weighted by Crippen LogP contribution is -2.47. The fourth-order valence-corrected chi connectivity index (χ4v) is 6.41. The highest BCUT2D eigenvalue weighted by Crippen LogP contribution is 2.56. The highest BCUT2D eigenvalue weighted by atomic mass is 19.4. The molecule has 40 heavy (non-hydrogen) atoms. The highest BCUT2D eigenvalue weighted by Gasteiger charge is 2.54. The minimum absolute atomic E-state index is 0.246. The predicted octanol–water partition coefficient (Wildman–Crippen LogP) is 7.72. The first-order valence-corrected chi connectivity index (χ1v) is 13.6. The van der Waals surface area contributed by atoms with Crippen LogP contribution in [0.3, 0.4) is 0 Å². The number of hydrogen-bond donors (Lipinski definition) is 0. The van der Waals surface area contributed by atoms with Gasteiger partial charge in [-0.25, -0.2) is 0 Å². The van der Waals surface area contributed by atoms with Crippen molar-refractivity contribution in [3.8, 4) is 16.9 Å². The number of carbonyl (C=O) groups is 1. The highest BCUT2D eigenvalue weighted by molar-refractivity contribution is 5.75. The predicted molar refractivity (Wildman–Crippen MR) is 142 cm³/mol. The molecule has 1 aromatic heterocycles. The normalized spacial score (nSPS) is 25.2. The topological polar surface area (TPSA) is 70.8 Å². The van der Waals surface area contributed by atoms with Gasteiger partial charge in [-0.2, -0.15) is 0 Å². The maximum Gasteiger partial charge on any atom is 0.573 e. The molecule has 5 rings (SSSR count). The molecule has 1 aliphatic carbocycles. The molecule has 1 saturated heterocycles. The van der Waals surface area contributed by atoms with Gasteiger partial charge in [-0.15, -0.1) is 13.2 Å². The van der Waals surface area contributed by atoms with Crippen molar-refractivity contribution in [3.63, 3.8) is 0 Å². The van der Waals surface area contributed by atoms with Crippen LogP contribution in [0.5, 0.6) is 5.75 Å². The summed E-state index contributed by atoms with van der Waals surface area (Å²) >= 11 is 0. The van der Waals surface area contributed by atoms with Crippen LogP contribution in [-0.4, -0.2) is 35.3 Å². The summed E-state index contributed by atoms with van der Waals surface area (Å²) in [5, 5.41) is 3.87. The molecule has 0 amide bonds. The second kappa shape index (κ2) is 10.6. The standard InChI is InChI=1S/C31H34F3NO5/c1-19-26(17-35-40-19)23-13-12-22(38-31(32,33)34)15-25(23)21-16-30(37-18-21)14-8-11-24(28(36)39-29(2,3)4)27(30)20-9-6-5-7-10-20/h5-7,9-10,12-13,15,17,21,24,27H,8,11,14,16,18H2,1-4H3/t21-,24?,27+,30+/m0/s1. The van der Waals surface area contributed by atoms with Gasteiger partial charge in [0, 0.05) is 17.4 Å². The summed E-state index contributed by atoms with van der Waals surface area (Å²) in [7, 11) is 0. The molecule has 4 atom stereocenters. The molecule has 0 N–H and O–H groups in total. The van der Waals surface area contributed by atoms with Crippen molar-refractivity contribution < 1.29 is 36.7 Å². The van der Waals surface area contributed by atoms with E-state index in [1.807, 2.05) is 51.1 Å². The quantitative estimate of drug-likeness (QED) is 0.299. The van der Waals surface area contributed by atoms with E-state index in [9.17, 15) is 18.0 Å². The Kier molecular flexibility index (Phi) is 7.46. The van der Waals surface area contributed by atoms with Crippen LogP contribution in [0, 0.1) is 12.8 Å². The molecule has 6 nitrogen and oxygen atoms in total. The Balaban J connectivity index is 1.55. The molecule has 9 heteroatoms. The molecule has 3 aromatic rings. The third-order valence-electron chi connectivity index (χ3n) is 7.85. The van der Waals surface area contributed by atoms with Crippen LogP contribution in [0.25, 0.3) is 11.1 Å². The number of carbonyl (C=O) groups excluding carboxylic acids is 1. The van der Waals surface area contributed by atoms with E-state index >= 15 is 0 Å². The van der Waals surface area contributed by atoms with E-state index in [2.05, 4.69) is 9.89 Å². The van der Waals surface area contributed by atoms with E-state index < -0.39 is 23.5 Å². The Labute approximate surface area is 231 Å². The van der Waals surface area contributed by atoms with Crippen LogP contribution in [0.4, 0.5) is 13.2 Å². The SMILES string of the molecule is Cc1oncc1-c1ccc(OC(F)(F)F)cc1[C@@H]1CO[C@]2(CCCC(C(=O)OC(C)(C)C)[C@H]2c2ccccc2)C1. The lowest BCUT2D eigenvalue weighted by Gasteiger charge is -2.45. The van der Waals surface area contributed by atoms with Crippen LogP contribution in [0.2, 0.25) is 0 Å². The van der Waals surface area contributed by atoms with E-state index in [0.29, 0.717) is 29.7 Å². The molecule has 1 saturated carbocycles. The summed E-state index contributed by atoms with van der Waals surface area (Å²) in [4.78, 5) is 13.5. The van der Waals surface area contributed by atoms with Crippen LogP contribution >= 0.6 is 0 Å². The first-order chi connectivity index (χ1) is 18.9. The van der Waals surface area contributed by atoms with E-state index in [-0.39, 0.29) is 30.2 Å². The Morgan fingerprint density at radius 1 is 1.07 bits per heavy atom. The van der Waals surface area contributed by atoms with Gasteiger partial charge in [-0.05, 0) is 82.2 Å². The molecule has 0 bridgehead atoms. The largest absolute Gasteiger partial charge is 0.573 e. The van der Waals surface area contributed by atoms with E-state index in [1.54, 1.807) is 19.2 Å². The zero-order chi connectivity index (χ0) is 28.7. The van der Waals surface area contributed by atoms with Gasteiger partial charge in [-0.1, -0.05) is 41.6 Å². The number of esters is 1. The van der Waals surface area contributed by atoms with E-state index in [4.69, 9.17) is 14.0 Å². The zero-order valence-corrected chi connectivity index (χ0v) is 23.1. The zero-order valence-electron chi connectivity index (χ0n) is 23.1. The Morgan fingerprint density at radius 2 is 1.82 bits per heavy atom. The third kappa shape index (κ3) is 5.89. The van der Waals surface area contributed by atoms with Gasteiger partial charge < -0.3 is 18.7 Å². The van der Waals surface area contributed by atoms with E-state index in [1.165, 1.54) is 12.1 Å². The van der Waals surface area contributed by atoms with Crippen LogP contribution < -0.4 is 4.74 Å². The van der Waals surface area contributed by atoms with Gasteiger partial charge in [-0.3, -0.25) is 4.79 Å². The minimum Gasteiger partial charge on any atom is -0.460 e. The summed E-state index contributed by atoms with van der Waals surface area (Å²) in [6.07, 6.45) is -0.557. The molecule has 0 radical (unpaired) electrons. The molecule has 214 valence electrons. The number of nitrogens with zero attached hydrogens (tertiary/aromatic N) is 1. The van der Waals surface area contributed by atoms with Crippen molar-refractivity contribution in [1.82, 2.24) is 5.16 Å². The number of hydrogen-bond acceptors (Lipinski definition) is 6. The van der Waals surface area contributed by atoms with Crippen LogP contribution in [0.1, 0.15) is 75.2 Å². The Morgan fingerprint density at radius 3 is 2.48 bits per heavy atom. The van der Waals surface area contributed by atoms with Crippen molar-refractivity contribution in [2.24, 2.45) is 5.92 Å². The fourth-order valence-electron chi connectivity index (χ4n) is 6.41. The molecule has 2 aliphatic rings. The lowest BCUT2D eigenvalue weighted by molar-refractivity contribution is -0.274. The van der Waals surface area contributed by atoms with Crippen LogP contribution in [0.15, 0.2) is 59.3 Å². The maximum absolute atomic E-state index is 13.5. The second-order valence-corrected chi connectivity index (χ2v) is 11.8. The monoisotopic (exact) mass is 557 g/mol. The van der Waals surface area contributed by atoms with Crippen molar-refractivity contribution in [2.75, 3.05) is 6.61 Å². The second-order valence-electron chi connectivity index (χ2n) is 11.8. The molecule has 2 heterocycles. The van der Waals surface area contributed by atoms with Gasteiger partial charge in [0.05, 0.1) is 24.3 Å². The number of aryl methyl sites for hydroxylation is 1.